The van der Waals surface area contributed by atoms with Gasteiger partial charge >= 0.3 is 5.82 Å². The summed E-state index contributed by atoms with van der Waals surface area (Å²) in [6.45, 7) is 0.887. The molecule has 3 nitrogen and oxygen atoms in total. The predicted molar refractivity (Wildman–Crippen MR) is 32.6 cm³/mol. The third-order valence-electron chi connectivity index (χ3n) is 1.32. The van der Waals surface area contributed by atoms with Gasteiger partial charge in [0.2, 0.25) is 0 Å². The van der Waals surface area contributed by atoms with Crippen molar-refractivity contribution in [2.75, 3.05) is 0 Å². The van der Waals surface area contributed by atoms with E-state index >= 15 is 0 Å². The van der Waals surface area contributed by atoms with Crippen molar-refractivity contribution < 1.29 is 4.57 Å². The lowest BCUT2D eigenvalue weighted by Gasteiger charge is -1.86. The van der Waals surface area contributed by atoms with Gasteiger partial charge in [-0.15, -0.1) is 0 Å². The molecule has 1 aliphatic rings. The van der Waals surface area contributed by atoms with Gasteiger partial charge in [0, 0.05) is 0 Å². The molecule has 0 N–H and O–H groups in total. The molecule has 2 rings (SSSR count). The molecule has 0 amide bonds. The predicted octanol–water partition coefficient (Wildman–Crippen LogP) is 0.0850. The molecule has 0 spiro atoms. The van der Waals surface area contributed by atoms with Crippen molar-refractivity contribution in [2.24, 2.45) is 4.99 Å². The SMILES string of the molecule is C1=Nc2cncc[n+]2C1. The van der Waals surface area contributed by atoms with Gasteiger partial charge in [0.25, 0.3) is 0 Å². The summed E-state index contributed by atoms with van der Waals surface area (Å²) in [5.74, 6) is 0.942. The van der Waals surface area contributed by atoms with Gasteiger partial charge in [0.05, 0.1) is 6.20 Å². The van der Waals surface area contributed by atoms with Crippen LogP contribution in [0.2, 0.25) is 0 Å². The lowest BCUT2D eigenvalue weighted by atomic mass is 10.6. The average Bonchev–Trinajstić information content (AvgIpc) is 2.33. The average molecular weight is 120 g/mol. The third-order valence-corrected chi connectivity index (χ3v) is 1.32. The molecule has 0 unspecified atom stereocenters. The van der Waals surface area contributed by atoms with Crippen LogP contribution in [-0.2, 0) is 6.54 Å². The lowest BCUT2D eigenvalue weighted by molar-refractivity contribution is -0.663. The number of aromatic nitrogens is 2. The highest BCUT2D eigenvalue weighted by atomic mass is 15.1. The molecular weight excluding hydrogens is 114 g/mol. The maximum absolute atomic E-state index is 4.07. The quantitative estimate of drug-likeness (QED) is 0.446. The van der Waals surface area contributed by atoms with E-state index in [4.69, 9.17) is 0 Å². The van der Waals surface area contributed by atoms with Crippen LogP contribution in [0.15, 0.2) is 23.6 Å². The van der Waals surface area contributed by atoms with E-state index in [1.54, 1.807) is 12.4 Å². The molecule has 0 fully saturated rings. The van der Waals surface area contributed by atoms with Crippen LogP contribution >= 0.6 is 0 Å². The van der Waals surface area contributed by atoms with Crippen LogP contribution in [0.1, 0.15) is 0 Å². The van der Waals surface area contributed by atoms with Crippen molar-refractivity contribution in [1.29, 1.82) is 0 Å². The smallest absolute Gasteiger partial charge is 0.252 e. The first-order chi connectivity index (χ1) is 4.47. The van der Waals surface area contributed by atoms with Crippen molar-refractivity contribution in [2.45, 2.75) is 6.54 Å². The molecule has 0 radical (unpaired) electrons. The summed E-state index contributed by atoms with van der Waals surface area (Å²) >= 11 is 0. The molecule has 0 aromatic carbocycles. The second-order valence-electron chi connectivity index (χ2n) is 1.90. The molecule has 1 aromatic rings. The van der Waals surface area contributed by atoms with E-state index in [9.17, 15) is 0 Å². The van der Waals surface area contributed by atoms with E-state index < -0.39 is 0 Å². The van der Waals surface area contributed by atoms with Gasteiger partial charge in [-0.05, 0) is 4.99 Å². The van der Waals surface area contributed by atoms with Gasteiger partial charge in [-0.2, -0.15) is 0 Å². The molecular formula is C6H6N3+. The Hall–Kier alpha value is -1.25. The van der Waals surface area contributed by atoms with Crippen molar-refractivity contribution in [3.8, 4) is 0 Å². The Bertz CT molecular complexity index is 254. The standard InChI is InChI=1S/C6H6N3/c1-3-9-4-2-8-6(9)5-7-1/h1-3,5H,4H2/q+1. The molecule has 1 aliphatic heterocycles. The molecule has 2 heterocycles. The van der Waals surface area contributed by atoms with Crippen LogP contribution in [0, 0.1) is 0 Å². The van der Waals surface area contributed by atoms with Gasteiger partial charge in [-0.25, -0.2) is 4.57 Å². The Morgan fingerprint density at radius 2 is 2.56 bits per heavy atom. The topological polar surface area (TPSA) is 29.1 Å². The molecule has 0 aliphatic carbocycles. The van der Waals surface area contributed by atoms with Crippen LogP contribution in [0.25, 0.3) is 0 Å². The molecule has 0 atom stereocenters. The molecule has 0 bridgehead atoms. The minimum atomic E-state index is 0.887. The Kier molecular flexibility index (Phi) is 0.828. The summed E-state index contributed by atoms with van der Waals surface area (Å²) in [5.41, 5.74) is 0. The number of nitrogens with zero attached hydrogens (tertiary/aromatic N) is 3. The van der Waals surface area contributed by atoms with Crippen LogP contribution in [0.5, 0.6) is 0 Å². The maximum atomic E-state index is 4.07. The molecule has 0 saturated heterocycles. The minimum Gasteiger partial charge on any atom is -0.252 e. The summed E-state index contributed by atoms with van der Waals surface area (Å²) in [6, 6.07) is 0. The second-order valence-corrected chi connectivity index (χ2v) is 1.90. The van der Waals surface area contributed by atoms with Crippen molar-refractivity contribution in [1.82, 2.24) is 4.98 Å². The van der Waals surface area contributed by atoms with E-state index in [0.29, 0.717) is 0 Å². The highest BCUT2D eigenvalue weighted by Crippen LogP contribution is 2.02. The first-order valence-electron chi connectivity index (χ1n) is 2.83. The Labute approximate surface area is 52.7 Å². The zero-order valence-electron chi connectivity index (χ0n) is 4.86. The molecule has 1 aromatic heterocycles. The van der Waals surface area contributed by atoms with Crippen LogP contribution in [0.3, 0.4) is 0 Å². The fraction of sp³-hybridized carbons (Fsp3) is 0.167. The highest BCUT2D eigenvalue weighted by molar-refractivity contribution is 5.61. The summed E-state index contributed by atoms with van der Waals surface area (Å²) in [4.78, 5) is 8.00. The number of hydrogen-bond acceptors (Lipinski definition) is 2. The first kappa shape index (κ1) is 4.61. The highest BCUT2D eigenvalue weighted by Gasteiger charge is 2.12. The van der Waals surface area contributed by atoms with E-state index in [0.717, 1.165) is 12.4 Å². The zero-order valence-corrected chi connectivity index (χ0v) is 4.86. The van der Waals surface area contributed by atoms with Crippen molar-refractivity contribution >= 4 is 12.0 Å². The van der Waals surface area contributed by atoms with Gasteiger partial charge in [0.1, 0.15) is 18.9 Å². The number of rotatable bonds is 0. The van der Waals surface area contributed by atoms with Gasteiger partial charge in [-0.3, -0.25) is 4.98 Å². The first-order valence-corrected chi connectivity index (χ1v) is 2.83. The van der Waals surface area contributed by atoms with Crippen LogP contribution < -0.4 is 4.57 Å². The number of fused-ring (bicyclic) bond motifs is 1. The third kappa shape index (κ3) is 0.614. The Morgan fingerprint density at radius 3 is 3.44 bits per heavy atom. The zero-order chi connectivity index (χ0) is 6.10. The largest absolute Gasteiger partial charge is 0.341 e. The number of aliphatic imine (C=N–C) groups is 1. The van der Waals surface area contributed by atoms with Crippen LogP contribution in [-0.4, -0.2) is 11.2 Å². The van der Waals surface area contributed by atoms with E-state index in [1.165, 1.54) is 0 Å². The van der Waals surface area contributed by atoms with Gasteiger partial charge in [0.15, 0.2) is 6.21 Å². The van der Waals surface area contributed by atoms with Gasteiger partial charge in [-0.1, -0.05) is 0 Å². The maximum Gasteiger partial charge on any atom is 0.341 e. The lowest BCUT2D eigenvalue weighted by Crippen LogP contribution is -2.30. The second kappa shape index (κ2) is 1.62. The summed E-state index contributed by atoms with van der Waals surface area (Å²) in [6.07, 6.45) is 7.31. The van der Waals surface area contributed by atoms with Gasteiger partial charge < -0.3 is 0 Å². The molecule has 9 heavy (non-hydrogen) atoms. The Morgan fingerprint density at radius 1 is 1.56 bits per heavy atom. The molecule has 44 valence electrons. The van der Waals surface area contributed by atoms with E-state index in [2.05, 4.69) is 9.98 Å². The molecule has 0 saturated carbocycles. The monoisotopic (exact) mass is 120 g/mol. The fourth-order valence-electron chi connectivity index (χ4n) is 0.863. The van der Waals surface area contributed by atoms with E-state index in [1.807, 2.05) is 17.0 Å². The summed E-state index contributed by atoms with van der Waals surface area (Å²) in [7, 11) is 0. The van der Waals surface area contributed by atoms with Crippen LogP contribution in [0.4, 0.5) is 5.82 Å². The van der Waals surface area contributed by atoms with Crippen molar-refractivity contribution in [3.63, 3.8) is 0 Å². The van der Waals surface area contributed by atoms with Crippen molar-refractivity contribution in [3.05, 3.63) is 18.6 Å². The fourth-order valence-corrected chi connectivity index (χ4v) is 0.863. The van der Waals surface area contributed by atoms with E-state index in [-0.39, 0.29) is 0 Å². The minimum absolute atomic E-state index is 0.887. The Balaban J connectivity index is 2.63. The summed E-state index contributed by atoms with van der Waals surface area (Å²) in [5, 5.41) is 0. The number of hydrogen-bond donors (Lipinski definition) is 0. The normalized spacial score (nSPS) is 13.8. The summed E-state index contributed by atoms with van der Waals surface area (Å²) < 4.78 is 2.03. The molecule has 3 heteroatoms.